The highest BCUT2D eigenvalue weighted by atomic mass is 16.5. The minimum Gasteiger partial charge on any atom is -0.482 e. The molecule has 0 atom stereocenters. The molecule has 6 heteroatoms. The molecule has 1 amide bonds. The number of carbonyl (C=O) groups excluding carboxylic acids is 1. The van der Waals surface area contributed by atoms with Gasteiger partial charge < -0.3 is 4.74 Å². The summed E-state index contributed by atoms with van der Waals surface area (Å²) >= 11 is 0. The molecule has 0 saturated carbocycles. The SMILES string of the molecule is N#Cc1ccccc1OCC(=O)N/N=C\c1cccnc1. The molecule has 1 aromatic carbocycles. The molecule has 0 bridgehead atoms. The molecule has 0 spiro atoms. The Morgan fingerprint density at radius 3 is 3.00 bits per heavy atom. The van der Waals surface area contributed by atoms with Gasteiger partial charge in [-0.3, -0.25) is 9.78 Å². The van der Waals surface area contributed by atoms with E-state index in [9.17, 15) is 4.79 Å². The summed E-state index contributed by atoms with van der Waals surface area (Å²) in [6, 6.07) is 12.3. The van der Waals surface area contributed by atoms with Crippen molar-refractivity contribution in [2.45, 2.75) is 0 Å². The van der Waals surface area contributed by atoms with Gasteiger partial charge >= 0.3 is 0 Å². The second kappa shape index (κ2) is 7.40. The first kappa shape index (κ1) is 14.2. The van der Waals surface area contributed by atoms with Crippen molar-refractivity contribution < 1.29 is 9.53 Å². The summed E-state index contributed by atoms with van der Waals surface area (Å²) in [4.78, 5) is 15.5. The summed E-state index contributed by atoms with van der Waals surface area (Å²) < 4.78 is 5.27. The Morgan fingerprint density at radius 1 is 1.38 bits per heavy atom. The number of ether oxygens (including phenoxy) is 1. The van der Waals surface area contributed by atoms with Crippen LogP contribution in [-0.4, -0.2) is 23.7 Å². The molecule has 2 rings (SSSR count). The van der Waals surface area contributed by atoms with E-state index in [1.165, 1.54) is 6.21 Å². The summed E-state index contributed by atoms with van der Waals surface area (Å²) in [6.45, 7) is -0.219. The molecule has 0 fully saturated rings. The van der Waals surface area contributed by atoms with E-state index in [2.05, 4.69) is 15.5 Å². The van der Waals surface area contributed by atoms with Crippen molar-refractivity contribution in [2.75, 3.05) is 6.61 Å². The highest BCUT2D eigenvalue weighted by Crippen LogP contribution is 2.15. The maximum absolute atomic E-state index is 11.6. The number of hydrogen-bond donors (Lipinski definition) is 1. The van der Waals surface area contributed by atoms with Crippen molar-refractivity contribution in [3.63, 3.8) is 0 Å². The fourth-order valence-corrected chi connectivity index (χ4v) is 1.49. The molecule has 1 N–H and O–H groups in total. The first-order chi connectivity index (χ1) is 10.3. The van der Waals surface area contributed by atoms with E-state index in [-0.39, 0.29) is 6.61 Å². The summed E-state index contributed by atoms with van der Waals surface area (Å²) in [6.07, 6.45) is 4.75. The molecule has 0 unspecified atom stereocenters. The van der Waals surface area contributed by atoms with Gasteiger partial charge in [-0.15, -0.1) is 0 Å². The third-order valence-electron chi connectivity index (χ3n) is 2.45. The number of nitrogens with one attached hydrogen (secondary N) is 1. The van der Waals surface area contributed by atoms with E-state index < -0.39 is 5.91 Å². The van der Waals surface area contributed by atoms with Gasteiger partial charge in [-0.2, -0.15) is 10.4 Å². The molecule has 1 aromatic heterocycles. The van der Waals surface area contributed by atoms with E-state index >= 15 is 0 Å². The lowest BCUT2D eigenvalue weighted by atomic mass is 10.2. The first-order valence-electron chi connectivity index (χ1n) is 6.13. The molecule has 0 aliphatic heterocycles. The standard InChI is InChI=1S/C15H12N4O2/c16-8-13-5-1-2-6-14(13)21-11-15(20)19-18-10-12-4-3-7-17-9-12/h1-7,9-10H,11H2,(H,19,20)/b18-10-. The van der Waals surface area contributed by atoms with Crippen molar-refractivity contribution in [3.8, 4) is 11.8 Å². The van der Waals surface area contributed by atoms with Gasteiger partial charge in [0.25, 0.3) is 5.91 Å². The lowest BCUT2D eigenvalue weighted by molar-refractivity contribution is -0.123. The number of benzene rings is 1. The number of aromatic nitrogens is 1. The fraction of sp³-hybridized carbons (Fsp3) is 0.0667. The maximum atomic E-state index is 11.6. The van der Waals surface area contributed by atoms with Crippen molar-refractivity contribution in [1.29, 1.82) is 5.26 Å². The van der Waals surface area contributed by atoms with Crippen LogP contribution in [0.15, 0.2) is 53.9 Å². The Hall–Kier alpha value is -3.20. The first-order valence-corrected chi connectivity index (χ1v) is 6.13. The molecule has 0 saturated heterocycles. The van der Waals surface area contributed by atoms with E-state index in [1.54, 1.807) is 42.7 Å². The highest BCUT2D eigenvalue weighted by molar-refractivity contribution is 5.82. The van der Waals surface area contributed by atoms with Crippen molar-refractivity contribution in [1.82, 2.24) is 10.4 Å². The Kier molecular flexibility index (Phi) is 5.01. The van der Waals surface area contributed by atoms with Crippen LogP contribution in [0.5, 0.6) is 5.75 Å². The number of rotatable bonds is 5. The predicted molar refractivity (Wildman–Crippen MR) is 76.6 cm³/mol. The molecular weight excluding hydrogens is 268 g/mol. The number of nitrogens with zero attached hydrogens (tertiary/aromatic N) is 3. The van der Waals surface area contributed by atoms with Crippen LogP contribution in [0.1, 0.15) is 11.1 Å². The second-order valence-electron chi connectivity index (χ2n) is 3.98. The summed E-state index contributed by atoms with van der Waals surface area (Å²) in [5.41, 5.74) is 3.48. The van der Waals surface area contributed by atoms with E-state index in [1.807, 2.05) is 12.1 Å². The van der Waals surface area contributed by atoms with E-state index in [0.717, 1.165) is 5.56 Å². The molecule has 0 aliphatic carbocycles. The number of hydrogen-bond acceptors (Lipinski definition) is 5. The number of amides is 1. The highest BCUT2D eigenvalue weighted by Gasteiger charge is 2.05. The van der Waals surface area contributed by atoms with Crippen LogP contribution in [0.2, 0.25) is 0 Å². The van der Waals surface area contributed by atoms with Gasteiger partial charge in [0.15, 0.2) is 6.61 Å². The van der Waals surface area contributed by atoms with Crippen LogP contribution in [0.4, 0.5) is 0 Å². The Balaban J connectivity index is 1.83. The molecule has 0 radical (unpaired) electrons. The minimum absolute atomic E-state index is 0.219. The van der Waals surface area contributed by atoms with Gasteiger partial charge in [0.05, 0.1) is 11.8 Å². The predicted octanol–water partition coefficient (Wildman–Crippen LogP) is 1.48. The molecule has 21 heavy (non-hydrogen) atoms. The zero-order valence-corrected chi connectivity index (χ0v) is 11.1. The quantitative estimate of drug-likeness (QED) is 0.664. The number of pyridine rings is 1. The van der Waals surface area contributed by atoms with Crippen molar-refractivity contribution in [2.24, 2.45) is 5.10 Å². The number of para-hydroxylation sites is 1. The van der Waals surface area contributed by atoms with Gasteiger partial charge in [-0.25, -0.2) is 5.43 Å². The average molecular weight is 280 g/mol. The Labute approximate surface area is 121 Å². The smallest absolute Gasteiger partial charge is 0.277 e. The Bertz CT molecular complexity index is 678. The lowest BCUT2D eigenvalue weighted by Crippen LogP contribution is -2.24. The minimum atomic E-state index is -0.414. The van der Waals surface area contributed by atoms with Gasteiger partial charge in [-0.05, 0) is 18.2 Å². The number of hydrazone groups is 1. The monoisotopic (exact) mass is 280 g/mol. The third kappa shape index (κ3) is 4.44. The second-order valence-corrected chi connectivity index (χ2v) is 3.98. The van der Waals surface area contributed by atoms with Crippen LogP contribution in [0.3, 0.4) is 0 Å². The van der Waals surface area contributed by atoms with Gasteiger partial charge in [0.1, 0.15) is 11.8 Å². The normalized spacial score (nSPS) is 10.0. The zero-order valence-electron chi connectivity index (χ0n) is 11.1. The van der Waals surface area contributed by atoms with Crippen LogP contribution in [-0.2, 0) is 4.79 Å². The summed E-state index contributed by atoms with van der Waals surface area (Å²) in [7, 11) is 0. The average Bonchev–Trinajstić information content (AvgIpc) is 2.54. The van der Waals surface area contributed by atoms with Crippen molar-refractivity contribution >= 4 is 12.1 Å². The third-order valence-corrected chi connectivity index (χ3v) is 2.45. The fourth-order valence-electron chi connectivity index (χ4n) is 1.49. The Morgan fingerprint density at radius 2 is 2.24 bits per heavy atom. The number of nitriles is 1. The van der Waals surface area contributed by atoms with Gasteiger partial charge in [0.2, 0.25) is 0 Å². The maximum Gasteiger partial charge on any atom is 0.277 e. The molecule has 1 heterocycles. The van der Waals surface area contributed by atoms with Crippen molar-refractivity contribution in [3.05, 3.63) is 59.9 Å². The van der Waals surface area contributed by atoms with Crippen LogP contribution >= 0.6 is 0 Å². The topological polar surface area (TPSA) is 87.4 Å². The van der Waals surface area contributed by atoms with Crippen LogP contribution in [0, 0.1) is 11.3 Å². The largest absolute Gasteiger partial charge is 0.482 e. The summed E-state index contributed by atoms with van der Waals surface area (Å²) in [5, 5.41) is 12.7. The van der Waals surface area contributed by atoms with E-state index in [0.29, 0.717) is 11.3 Å². The van der Waals surface area contributed by atoms with E-state index in [4.69, 9.17) is 10.00 Å². The van der Waals surface area contributed by atoms with Crippen LogP contribution in [0.25, 0.3) is 0 Å². The molecule has 104 valence electrons. The molecule has 2 aromatic rings. The molecule has 0 aliphatic rings. The van der Waals surface area contributed by atoms with Gasteiger partial charge in [0, 0.05) is 18.0 Å². The summed E-state index contributed by atoms with van der Waals surface area (Å²) in [5.74, 6) is -0.0470. The number of carbonyl (C=O) groups is 1. The molecule has 6 nitrogen and oxygen atoms in total. The van der Waals surface area contributed by atoms with Crippen LogP contribution < -0.4 is 10.2 Å². The molecular formula is C15H12N4O2. The van der Waals surface area contributed by atoms with Gasteiger partial charge in [-0.1, -0.05) is 18.2 Å². The zero-order chi connectivity index (χ0) is 14.9. The lowest BCUT2D eigenvalue weighted by Gasteiger charge is -2.06.